The Labute approximate surface area is 167 Å². The molecule has 2 heterocycles. The SMILES string of the molecule is O=C(NCCc1c[nH]c2ncc(Cl)cc12)c1cccc(-c2cccc(O)c2)c1. The van der Waals surface area contributed by atoms with Crippen LogP contribution in [-0.2, 0) is 6.42 Å². The summed E-state index contributed by atoms with van der Waals surface area (Å²) in [5.74, 6) is 0.0543. The van der Waals surface area contributed by atoms with E-state index in [1.54, 1.807) is 30.5 Å². The zero-order valence-corrected chi connectivity index (χ0v) is 15.7. The molecule has 4 rings (SSSR count). The van der Waals surface area contributed by atoms with Gasteiger partial charge in [0.2, 0.25) is 0 Å². The zero-order valence-electron chi connectivity index (χ0n) is 14.9. The lowest BCUT2D eigenvalue weighted by molar-refractivity contribution is 0.0954. The van der Waals surface area contributed by atoms with Gasteiger partial charge in [-0.25, -0.2) is 4.98 Å². The van der Waals surface area contributed by atoms with Crippen molar-refractivity contribution >= 4 is 28.5 Å². The number of phenols is 1. The van der Waals surface area contributed by atoms with Gasteiger partial charge in [-0.15, -0.1) is 0 Å². The summed E-state index contributed by atoms with van der Waals surface area (Å²) >= 11 is 6.03. The van der Waals surface area contributed by atoms with E-state index >= 15 is 0 Å². The van der Waals surface area contributed by atoms with Crippen molar-refractivity contribution in [1.29, 1.82) is 0 Å². The summed E-state index contributed by atoms with van der Waals surface area (Å²) in [5.41, 5.74) is 4.14. The topological polar surface area (TPSA) is 78.0 Å². The number of hydrogen-bond acceptors (Lipinski definition) is 3. The van der Waals surface area contributed by atoms with Crippen LogP contribution in [0.4, 0.5) is 0 Å². The highest BCUT2D eigenvalue weighted by molar-refractivity contribution is 6.31. The van der Waals surface area contributed by atoms with E-state index < -0.39 is 0 Å². The third kappa shape index (κ3) is 3.85. The summed E-state index contributed by atoms with van der Waals surface area (Å²) in [6.45, 7) is 0.495. The molecule has 0 unspecified atom stereocenters. The zero-order chi connectivity index (χ0) is 19.5. The molecule has 0 atom stereocenters. The lowest BCUT2D eigenvalue weighted by Gasteiger charge is -2.08. The van der Waals surface area contributed by atoms with Crippen molar-refractivity contribution in [3.63, 3.8) is 0 Å². The van der Waals surface area contributed by atoms with E-state index in [1.807, 2.05) is 36.5 Å². The largest absolute Gasteiger partial charge is 0.508 e. The standard InChI is InChI=1S/C22H18ClN3O2/c23-18-11-20-17(12-25-21(20)26-13-18)7-8-24-22(28)16-5-1-3-14(9-16)15-4-2-6-19(27)10-15/h1-6,9-13,27H,7-8H2,(H,24,28)(H,25,26). The number of aromatic amines is 1. The molecule has 140 valence electrons. The molecule has 2 aromatic heterocycles. The number of fused-ring (bicyclic) bond motifs is 1. The van der Waals surface area contributed by atoms with E-state index in [9.17, 15) is 9.90 Å². The molecule has 0 saturated carbocycles. The smallest absolute Gasteiger partial charge is 0.251 e. The molecule has 0 fully saturated rings. The molecule has 2 aromatic carbocycles. The average Bonchev–Trinajstić information content (AvgIpc) is 3.10. The van der Waals surface area contributed by atoms with Crippen LogP contribution in [0, 0.1) is 0 Å². The number of carbonyl (C=O) groups is 1. The van der Waals surface area contributed by atoms with Gasteiger partial charge >= 0.3 is 0 Å². The number of nitrogens with one attached hydrogen (secondary N) is 2. The maximum absolute atomic E-state index is 12.5. The van der Waals surface area contributed by atoms with Gasteiger partial charge in [-0.1, -0.05) is 35.9 Å². The number of H-pyrrole nitrogens is 1. The van der Waals surface area contributed by atoms with E-state index in [0.29, 0.717) is 23.6 Å². The minimum absolute atomic E-state index is 0.141. The predicted molar refractivity (Wildman–Crippen MR) is 111 cm³/mol. The third-order valence-corrected chi connectivity index (χ3v) is 4.77. The van der Waals surface area contributed by atoms with Gasteiger partial charge in [-0.05, 0) is 53.4 Å². The molecule has 6 heteroatoms. The Hall–Kier alpha value is -3.31. The summed E-state index contributed by atoms with van der Waals surface area (Å²) in [6, 6.07) is 16.2. The molecule has 1 amide bonds. The van der Waals surface area contributed by atoms with Crippen LogP contribution < -0.4 is 5.32 Å². The lowest BCUT2D eigenvalue weighted by Crippen LogP contribution is -2.25. The Kier molecular flexibility index (Phi) is 5.00. The number of halogens is 1. The van der Waals surface area contributed by atoms with E-state index in [4.69, 9.17) is 11.6 Å². The fraction of sp³-hybridized carbons (Fsp3) is 0.0909. The number of pyridine rings is 1. The van der Waals surface area contributed by atoms with Crippen LogP contribution in [0.1, 0.15) is 15.9 Å². The number of carbonyl (C=O) groups excluding carboxylic acids is 1. The van der Waals surface area contributed by atoms with Gasteiger partial charge in [0.25, 0.3) is 5.91 Å². The summed E-state index contributed by atoms with van der Waals surface area (Å²) in [4.78, 5) is 19.9. The molecular formula is C22H18ClN3O2. The highest BCUT2D eigenvalue weighted by Crippen LogP contribution is 2.24. The summed E-state index contributed by atoms with van der Waals surface area (Å²) in [6.07, 6.45) is 4.16. The van der Waals surface area contributed by atoms with Crippen molar-refractivity contribution in [1.82, 2.24) is 15.3 Å². The summed E-state index contributed by atoms with van der Waals surface area (Å²) in [5, 5.41) is 14.2. The Morgan fingerprint density at radius 1 is 1.11 bits per heavy atom. The molecule has 0 aliphatic heterocycles. The van der Waals surface area contributed by atoms with Crippen LogP contribution in [-0.4, -0.2) is 27.5 Å². The van der Waals surface area contributed by atoms with Gasteiger partial charge < -0.3 is 15.4 Å². The monoisotopic (exact) mass is 391 g/mol. The van der Waals surface area contributed by atoms with E-state index in [2.05, 4.69) is 15.3 Å². The van der Waals surface area contributed by atoms with Crippen LogP contribution in [0.2, 0.25) is 5.02 Å². The first-order valence-electron chi connectivity index (χ1n) is 8.89. The highest BCUT2D eigenvalue weighted by atomic mass is 35.5. The van der Waals surface area contributed by atoms with Gasteiger partial charge in [0.1, 0.15) is 11.4 Å². The van der Waals surface area contributed by atoms with Crippen LogP contribution in [0.25, 0.3) is 22.2 Å². The Balaban J connectivity index is 1.44. The van der Waals surface area contributed by atoms with E-state index in [-0.39, 0.29) is 11.7 Å². The first-order chi connectivity index (χ1) is 13.6. The fourth-order valence-electron chi connectivity index (χ4n) is 3.18. The molecule has 0 spiro atoms. The van der Waals surface area contributed by atoms with Gasteiger partial charge in [0.15, 0.2) is 0 Å². The van der Waals surface area contributed by atoms with E-state index in [0.717, 1.165) is 27.7 Å². The normalized spacial score (nSPS) is 10.9. The molecule has 0 aliphatic carbocycles. The number of hydrogen-bond donors (Lipinski definition) is 3. The minimum Gasteiger partial charge on any atom is -0.508 e. The van der Waals surface area contributed by atoms with Gasteiger partial charge in [0, 0.05) is 29.9 Å². The second-order valence-corrected chi connectivity index (χ2v) is 6.94. The minimum atomic E-state index is -0.141. The Bertz CT molecular complexity index is 1150. The summed E-state index contributed by atoms with van der Waals surface area (Å²) in [7, 11) is 0. The van der Waals surface area contributed by atoms with Gasteiger partial charge in [-0.2, -0.15) is 0 Å². The van der Waals surface area contributed by atoms with Crippen LogP contribution in [0.5, 0.6) is 5.75 Å². The van der Waals surface area contributed by atoms with Crippen molar-refractivity contribution in [3.05, 3.63) is 83.1 Å². The molecule has 0 bridgehead atoms. The van der Waals surface area contributed by atoms with Crippen molar-refractivity contribution in [2.45, 2.75) is 6.42 Å². The quantitative estimate of drug-likeness (QED) is 0.466. The molecular weight excluding hydrogens is 374 g/mol. The van der Waals surface area contributed by atoms with Crippen LogP contribution >= 0.6 is 11.6 Å². The molecule has 3 N–H and O–H groups in total. The third-order valence-electron chi connectivity index (χ3n) is 4.57. The number of rotatable bonds is 5. The molecule has 4 aromatic rings. The van der Waals surface area contributed by atoms with Crippen LogP contribution in [0.15, 0.2) is 67.0 Å². The first kappa shape index (κ1) is 18.1. The fourth-order valence-corrected chi connectivity index (χ4v) is 3.34. The Morgan fingerprint density at radius 3 is 2.71 bits per heavy atom. The molecule has 5 nitrogen and oxygen atoms in total. The van der Waals surface area contributed by atoms with Crippen molar-refractivity contribution in [3.8, 4) is 16.9 Å². The average molecular weight is 392 g/mol. The van der Waals surface area contributed by atoms with Crippen molar-refractivity contribution in [2.75, 3.05) is 6.54 Å². The number of aromatic hydroxyl groups is 1. The molecule has 0 aliphatic rings. The second kappa shape index (κ2) is 7.74. The maximum Gasteiger partial charge on any atom is 0.251 e. The van der Waals surface area contributed by atoms with Gasteiger partial charge in [0.05, 0.1) is 5.02 Å². The Morgan fingerprint density at radius 2 is 1.89 bits per heavy atom. The number of nitrogens with zero attached hydrogens (tertiary/aromatic N) is 1. The number of amides is 1. The number of phenolic OH excluding ortho intramolecular Hbond substituents is 1. The van der Waals surface area contributed by atoms with Crippen LogP contribution in [0.3, 0.4) is 0 Å². The number of aromatic nitrogens is 2. The molecule has 0 radical (unpaired) electrons. The molecule has 28 heavy (non-hydrogen) atoms. The van der Waals surface area contributed by atoms with E-state index in [1.165, 1.54) is 0 Å². The lowest BCUT2D eigenvalue weighted by atomic mass is 10.0. The van der Waals surface area contributed by atoms with Gasteiger partial charge in [-0.3, -0.25) is 4.79 Å². The number of benzene rings is 2. The predicted octanol–water partition coefficient (Wildman–Crippen LogP) is 4.56. The highest BCUT2D eigenvalue weighted by Gasteiger charge is 2.09. The van der Waals surface area contributed by atoms with Crippen molar-refractivity contribution < 1.29 is 9.90 Å². The summed E-state index contributed by atoms with van der Waals surface area (Å²) < 4.78 is 0. The van der Waals surface area contributed by atoms with Crippen molar-refractivity contribution in [2.24, 2.45) is 0 Å². The molecule has 0 saturated heterocycles. The second-order valence-electron chi connectivity index (χ2n) is 6.50. The first-order valence-corrected chi connectivity index (χ1v) is 9.27. The maximum atomic E-state index is 12.5.